The number of phenols is 1. The molecule has 4 aromatic carbocycles. The molecule has 0 saturated carbocycles. The number of aromatic hydroxyl groups is 1. The van der Waals surface area contributed by atoms with Gasteiger partial charge in [-0.3, -0.25) is 0 Å². The van der Waals surface area contributed by atoms with Crippen LogP contribution in [0.5, 0.6) is 11.5 Å². The van der Waals surface area contributed by atoms with Gasteiger partial charge in [0.2, 0.25) is 11.6 Å². The summed E-state index contributed by atoms with van der Waals surface area (Å²) in [5, 5.41) is 19.3. The molecule has 0 aliphatic carbocycles. The van der Waals surface area contributed by atoms with Crippen LogP contribution in [0, 0.1) is 23.3 Å². The Bertz CT molecular complexity index is 1430. The second-order valence-corrected chi connectivity index (χ2v) is 8.39. The second kappa shape index (κ2) is 10.8. The van der Waals surface area contributed by atoms with Crippen LogP contribution in [0.3, 0.4) is 0 Å². The first-order valence-electron chi connectivity index (χ1n) is 11.5. The van der Waals surface area contributed by atoms with E-state index in [1.165, 1.54) is 36.4 Å². The number of ether oxygens (including phenoxy) is 1. The quantitative estimate of drug-likeness (QED) is 0.155. The molecule has 0 fully saturated rings. The first-order valence-corrected chi connectivity index (χ1v) is 11.5. The van der Waals surface area contributed by atoms with Gasteiger partial charge >= 0.3 is 5.97 Å². The average Bonchev–Trinajstić information content (AvgIpc) is 2.91. The molecule has 1 unspecified atom stereocenters. The van der Waals surface area contributed by atoms with Gasteiger partial charge in [0, 0.05) is 11.1 Å². The largest absolute Gasteiger partial charge is 0.505 e. The minimum Gasteiger partial charge on any atom is -0.505 e. The topological polar surface area (TPSA) is 66.8 Å². The fraction of sp³-hybridized carbons (Fsp3) is 0.138. The van der Waals surface area contributed by atoms with Crippen LogP contribution in [0.4, 0.5) is 17.6 Å². The van der Waals surface area contributed by atoms with Crippen LogP contribution in [-0.4, -0.2) is 16.2 Å². The standard InChI is InChI=1S/C29H22F4O4/c1-2-3-22(34)18-8-4-16(5-9-18)20-12-13-21(26(31)25(20)30)17-6-10-19(11-7-17)29(36)37-24-15-14-23(35)27(32)28(24)33/h4-15,22,34-35H,2-3H2,1H3. The fourth-order valence-corrected chi connectivity index (χ4v) is 3.87. The lowest BCUT2D eigenvalue weighted by Gasteiger charge is -2.12. The highest BCUT2D eigenvalue weighted by atomic mass is 19.2. The highest BCUT2D eigenvalue weighted by molar-refractivity contribution is 5.91. The monoisotopic (exact) mass is 510 g/mol. The van der Waals surface area contributed by atoms with Gasteiger partial charge in [-0.05, 0) is 47.4 Å². The molecule has 1 atom stereocenters. The zero-order valence-electron chi connectivity index (χ0n) is 19.6. The number of phenolic OH excluding ortho intramolecular Hbond substituents is 1. The maximum absolute atomic E-state index is 15.0. The Morgan fingerprint density at radius 1 is 0.757 bits per heavy atom. The summed E-state index contributed by atoms with van der Waals surface area (Å²) < 4.78 is 62.1. The second-order valence-electron chi connectivity index (χ2n) is 8.39. The summed E-state index contributed by atoms with van der Waals surface area (Å²) in [5.41, 5.74) is 1.40. The van der Waals surface area contributed by atoms with Crippen LogP contribution in [0.15, 0.2) is 72.8 Å². The van der Waals surface area contributed by atoms with E-state index in [1.807, 2.05) is 6.92 Å². The number of hydrogen-bond donors (Lipinski definition) is 2. The van der Waals surface area contributed by atoms with Gasteiger partial charge in [0.05, 0.1) is 11.7 Å². The summed E-state index contributed by atoms with van der Waals surface area (Å²) in [6.07, 6.45) is 0.785. The van der Waals surface area contributed by atoms with Gasteiger partial charge in [-0.25, -0.2) is 13.6 Å². The Hall–Kier alpha value is -4.17. The highest BCUT2D eigenvalue weighted by Gasteiger charge is 2.19. The van der Waals surface area contributed by atoms with Crippen molar-refractivity contribution in [1.82, 2.24) is 0 Å². The van der Waals surface area contributed by atoms with E-state index in [1.54, 1.807) is 24.3 Å². The summed E-state index contributed by atoms with van der Waals surface area (Å²) in [5.74, 6) is -7.84. The third kappa shape index (κ3) is 5.34. The summed E-state index contributed by atoms with van der Waals surface area (Å²) in [4.78, 5) is 12.3. The number of esters is 1. The number of hydrogen-bond acceptors (Lipinski definition) is 4. The maximum Gasteiger partial charge on any atom is 0.343 e. The van der Waals surface area contributed by atoms with Gasteiger partial charge in [-0.15, -0.1) is 0 Å². The van der Waals surface area contributed by atoms with Crippen molar-refractivity contribution in [2.45, 2.75) is 25.9 Å². The zero-order chi connectivity index (χ0) is 26.7. The third-order valence-electron chi connectivity index (χ3n) is 5.91. The Labute approximate surface area is 210 Å². The molecule has 0 aliphatic heterocycles. The van der Waals surface area contributed by atoms with Crippen LogP contribution in [0.1, 0.15) is 41.8 Å². The van der Waals surface area contributed by atoms with Crippen LogP contribution < -0.4 is 4.74 Å². The number of aliphatic hydroxyl groups is 1. The van der Waals surface area contributed by atoms with E-state index in [4.69, 9.17) is 9.84 Å². The summed E-state index contributed by atoms with van der Waals surface area (Å²) in [6, 6.07) is 16.5. The third-order valence-corrected chi connectivity index (χ3v) is 5.91. The average molecular weight is 510 g/mol. The first kappa shape index (κ1) is 25.9. The molecule has 4 nitrogen and oxygen atoms in total. The Balaban J connectivity index is 1.54. The molecule has 0 aliphatic rings. The molecule has 0 aromatic heterocycles. The molecule has 37 heavy (non-hydrogen) atoms. The minimum atomic E-state index is -1.55. The zero-order valence-corrected chi connectivity index (χ0v) is 19.6. The summed E-state index contributed by atoms with van der Waals surface area (Å²) >= 11 is 0. The molecule has 190 valence electrons. The molecule has 4 rings (SSSR count). The van der Waals surface area contributed by atoms with Gasteiger partial charge in [0.25, 0.3) is 0 Å². The number of rotatable bonds is 7. The lowest BCUT2D eigenvalue weighted by Crippen LogP contribution is -2.10. The van der Waals surface area contributed by atoms with Crippen molar-refractivity contribution in [3.8, 4) is 33.8 Å². The van der Waals surface area contributed by atoms with E-state index in [0.717, 1.165) is 18.6 Å². The number of carbonyl (C=O) groups excluding carboxylic acids is 1. The predicted octanol–water partition coefficient (Wildman–Crippen LogP) is 7.34. The Morgan fingerprint density at radius 3 is 1.84 bits per heavy atom. The Kier molecular flexibility index (Phi) is 7.59. The van der Waals surface area contributed by atoms with E-state index < -0.39 is 46.8 Å². The molecular weight excluding hydrogens is 488 g/mol. The molecule has 0 heterocycles. The molecule has 0 amide bonds. The van der Waals surface area contributed by atoms with Gasteiger partial charge < -0.3 is 14.9 Å². The van der Waals surface area contributed by atoms with Crippen molar-refractivity contribution in [3.05, 3.63) is 107 Å². The van der Waals surface area contributed by atoms with E-state index in [-0.39, 0.29) is 22.3 Å². The van der Waals surface area contributed by atoms with Crippen LogP contribution in [0.2, 0.25) is 0 Å². The lowest BCUT2D eigenvalue weighted by molar-refractivity contribution is 0.0726. The number of halogens is 4. The van der Waals surface area contributed by atoms with E-state index in [0.29, 0.717) is 17.5 Å². The lowest BCUT2D eigenvalue weighted by atomic mass is 9.96. The minimum absolute atomic E-state index is 0.0391. The normalized spacial score (nSPS) is 11.8. The Morgan fingerprint density at radius 2 is 1.30 bits per heavy atom. The number of benzene rings is 4. The van der Waals surface area contributed by atoms with Crippen molar-refractivity contribution < 1.29 is 37.3 Å². The molecule has 0 radical (unpaired) electrons. The first-order chi connectivity index (χ1) is 17.7. The predicted molar refractivity (Wildman–Crippen MR) is 130 cm³/mol. The molecule has 2 N–H and O–H groups in total. The van der Waals surface area contributed by atoms with Crippen molar-refractivity contribution in [2.24, 2.45) is 0 Å². The van der Waals surface area contributed by atoms with Crippen molar-refractivity contribution in [3.63, 3.8) is 0 Å². The van der Waals surface area contributed by atoms with Crippen molar-refractivity contribution in [2.75, 3.05) is 0 Å². The number of aliphatic hydroxyl groups excluding tert-OH is 1. The SMILES string of the molecule is CCCC(O)c1ccc(-c2ccc(-c3ccc(C(=O)Oc4ccc(O)c(F)c4F)cc3)c(F)c2F)cc1. The van der Waals surface area contributed by atoms with Crippen molar-refractivity contribution in [1.29, 1.82) is 0 Å². The number of carbonyl (C=O) groups is 1. The van der Waals surface area contributed by atoms with Crippen LogP contribution >= 0.6 is 0 Å². The summed E-state index contributed by atoms with van der Waals surface area (Å²) in [7, 11) is 0. The summed E-state index contributed by atoms with van der Waals surface area (Å²) in [6.45, 7) is 1.96. The molecule has 0 bridgehead atoms. The maximum atomic E-state index is 15.0. The smallest absolute Gasteiger partial charge is 0.343 e. The van der Waals surface area contributed by atoms with Crippen LogP contribution in [-0.2, 0) is 0 Å². The molecule has 8 heteroatoms. The van der Waals surface area contributed by atoms with Gasteiger partial charge in [0.15, 0.2) is 23.1 Å². The fourth-order valence-electron chi connectivity index (χ4n) is 3.87. The van der Waals surface area contributed by atoms with E-state index >= 15 is 0 Å². The van der Waals surface area contributed by atoms with E-state index in [9.17, 15) is 27.5 Å². The van der Waals surface area contributed by atoms with Gasteiger partial charge in [0.1, 0.15) is 0 Å². The van der Waals surface area contributed by atoms with Crippen molar-refractivity contribution >= 4 is 5.97 Å². The molecule has 4 aromatic rings. The molecule has 0 saturated heterocycles. The van der Waals surface area contributed by atoms with Crippen LogP contribution in [0.25, 0.3) is 22.3 Å². The van der Waals surface area contributed by atoms with Gasteiger partial charge in [-0.1, -0.05) is 61.9 Å². The van der Waals surface area contributed by atoms with Gasteiger partial charge in [-0.2, -0.15) is 8.78 Å². The molecular formula is C29H22F4O4. The highest BCUT2D eigenvalue weighted by Crippen LogP contribution is 2.33. The van der Waals surface area contributed by atoms with E-state index in [2.05, 4.69) is 0 Å². The molecule has 0 spiro atoms.